The Bertz CT molecular complexity index is 430. The summed E-state index contributed by atoms with van der Waals surface area (Å²) in [6.07, 6.45) is 0. The van der Waals surface area contributed by atoms with Crippen LogP contribution in [0, 0.1) is 20.8 Å². The monoisotopic (exact) mass is 162 g/mol. The van der Waals surface area contributed by atoms with Gasteiger partial charge >= 0.3 is 0 Å². The Morgan fingerprint density at radius 2 is 1.92 bits per heavy atom. The third kappa shape index (κ3) is 0.879. The normalized spacial score (nSPS) is 10.9. The molecule has 0 fully saturated rings. The second kappa shape index (κ2) is 2.27. The zero-order valence-corrected chi connectivity index (χ0v) is 7.37. The molecule has 0 radical (unpaired) electrons. The topological polar surface area (TPSA) is 43.1 Å². The molecular formula is C8H10N4. The Morgan fingerprint density at radius 1 is 1.17 bits per heavy atom. The largest absolute Gasteiger partial charge is 0.216 e. The Morgan fingerprint density at radius 3 is 2.67 bits per heavy atom. The molecule has 0 saturated carbocycles. The molecule has 0 bridgehead atoms. The van der Waals surface area contributed by atoms with Crippen molar-refractivity contribution in [3.8, 4) is 0 Å². The maximum atomic E-state index is 4.29. The van der Waals surface area contributed by atoms with Gasteiger partial charge in [0.25, 0.3) is 0 Å². The summed E-state index contributed by atoms with van der Waals surface area (Å²) in [5.41, 5.74) is 3.76. The standard InChI is InChI=1S/C8H10N4/c1-5-4-8-10-9-6(2)7(3)12(8)11-5/h4H,1-3H3. The van der Waals surface area contributed by atoms with Crippen LogP contribution in [0.1, 0.15) is 17.1 Å². The average molecular weight is 162 g/mol. The lowest BCUT2D eigenvalue weighted by atomic mass is 10.4. The molecule has 2 heterocycles. The number of hydrogen-bond acceptors (Lipinski definition) is 3. The van der Waals surface area contributed by atoms with Gasteiger partial charge in [0.05, 0.1) is 17.1 Å². The summed E-state index contributed by atoms with van der Waals surface area (Å²) in [5.74, 6) is 0. The molecule has 0 unspecified atom stereocenters. The van der Waals surface area contributed by atoms with Gasteiger partial charge in [0.2, 0.25) is 0 Å². The van der Waals surface area contributed by atoms with Crippen LogP contribution in [0.2, 0.25) is 0 Å². The van der Waals surface area contributed by atoms with E-state index in [0.717, 1.165) is 22.7 Å². The fourth-order valence-corrected chi connectivity index (χ4v) is 1.16. The Labute approximate surface area is 70.2 Å². The van der Waals surface area contributed by atoms with Gasteiger partial charge in [-0.25, -0.2) is 4.52 Å². The van der Waals surface area contributed by atoms with Crippen molar-refractivity contribution in [1.29, 1.82) is 0 Å². The van der Waals surface area contributed by atoms with Crippen molar-refractivity contribution in [2.75, 3.05) is 0 Å². The van der Waals surface area contributed by atoms with E-state index in [1.54, 1.807) is 0 Å². The van der Waals surface area contributed by atoms with Gasteiger partial charge in [-0.2, -0.15) is 10.2 Å². The molecule has 0 aliphatic heterocycles. The van der Waals surface area contributed by atoms with Crippen LogP contribution in [0.15, 0.2) is 6.07 Å². The molecule has 2 aromatic heterocycles. The van der Waals surface area contributed by atoms with Crippen molar-refractivity contribution in [3.63, 3.8) is 0 Å². The number of rotatable bonds is 0. The third-order valence-corrected chi connectivity index (χ3v) is 1.96. The molecule has 2 rings (SSSR count). The summed E-state index contributed by atoms with van der Waals surface area (Å²) >= 11 is 0. The lowest BCUT2D eigenvalue weighted by molar-refractivity contribution is 0.815. The van der Waals surface area contributed by atoms with Crippen molar-refractivity contribution in [2.24, 2.45) is 0 Å². The maximum absolute atomic E-state index is 4.29. The van der Waals surface area contributed by atoms with Crippen LogP contribution in [0.5, 0.6) is 0 Å². The molecule has 0 spiro atoms. The molecule has 0 amide bonds. The highest BCUT2D eigenvalue weighted by Crippen LogP contribution is 2.06. The molecule has 0 aromatic carbocycles. The highest BCUT2D eigenvalue weighted by atomic mass is 15.3. The Kier molecular flexibility index (Phi) is 1.36. The first-order valence-corrected chi connectivity index (χ1v) is 3.85. The molecule has 0 aliphatic carbocycles. The fraction of sp³-hybridized carbons (Fsp3) is 0.375. The summed E-state index contributed by atoms with van der Waals surface area (Å²) in [6, 6.07) is 1.92. The van der Waals surface area contributed by atoms with E-state index in [-0.39, 0.29) is 0 Å². The number of nitrogens with zero attached hydrogens (tertiary/aromatic N) is 4. The van der Waals surface area contributed by atoms with E-state index in [0.29, 0.717) is 0 Å². The summed E-state index contributed by atoms with van der Waals surface area (Å²) in [7, 11) is 0. The minimum Gasteiger partial charge on any atom is -0.216 e. The minimum atomic E-state index is 0.815. The lowest BCUT2D eigenvalue weighted by Gasteiger charge is -1.99. The van der Waals surface area contributed by atoms with Crippen molar-refractivity contribution in [1.82, 2.24) is 19.8 Å². The van der Waals surface area contributed by atoms with Gasteiger partial charge in [0, 0.05) is 6.07 Å². The molecule has 4 heteroatoms. The zero-order valence-electron chi connectivity index (χ0n) is 7.37. The minimum absolute atomic E-state index is 0.815. The average Bonchev–Trinajstić information content (AvgIpc) is 2.39. The second-order valence-electron chi connectivity index (χ2n) is 2.93. The first kappa shape index (κ1) is 7.21. The van der Waals surface area contributed by atoms with Gasteiger partial charge in [-0.05, 0) is 20.8 Å². The smallest absolute Gasteiger partial charge is 0.177 e. The van der Waals surface area contributed by atoms with Gasteiger partial charge in [0.15, 0.2) is 5.65 Å². The van der Waals surface area contributed by atoms with E-state index in [9.17, 15) is 0 Å². The van der Waals surface area contributed by atoms with Crippen LogP contribution in [0.3, 0.4) is 0 Å². The summed E-state index contributed by atoms with van der Waals surface area (Å²) in [4.78, 5) is 0. The summed E-state index contributed by atoms with van der Waals surface area (Å²) in [6.45, 7) is 5.87. The van der Waals surface area contributed by atoms with E-state index in [4.69, 9.17) is 0 Å². The number of aromatic nitrogens is 4. The fourth-order valence-electron chi connectivity index (χ4n) is 1.16. The molecule has 4 nitrogen and oxygen atoms in total. The number of aryl methyl sites for hydroxylation is 3. The van der Waals surface area contributed by atoms with Gasteiger partial charge < -0.3 is 0 Å². The summed E-state index contributed by atoms with van der Waals surface area (Å²) in [5, 5.41) is 12.3. The molecule has 2 aromatic rings. The first-order valence-electron chi connectivity index (χ1n) is 3.85. The predicted octanol–water partition coefficient (Wildman–Crippen LogP) is 1.05. The SMILES string of the molecule is Cc1cc2nnc(C)c(C)n2n1. The van der Waals surface area contributed by atoms with Gasteiger partial charge in [-0.1, -0.05) is 0 Å². The summed E-state index contributed by atoms with van der Waals surface area (Å²) < 4.78 is 1.82. The molecule has 12 heavy (non-hydrogen) atoms. The van der Waals surface area contributed by atoms with Crippen LogP contribution < -0.4 is 0 Å². The molecule has 0 atom stereocenters. The Hall–Kier alpha value is -1.45. The highest BCUT2D eigenvalue weighted by molar-refractivity contribution is 5.39. The first-order chi connectivity index (χ1) is 5.68. The van der Waals surface area contributed by atoms with Gasteiger partial charge in [-0.15, -0.1) is 5.10 Å². The predicted molar refractivity (Wildman–Crippen MR) is 45.0 cm³/mol. The molecule has 0 aliphatic rings. The van der Waals surface area contributed by atoms with Gasteiger partial charge in [-0.3, -0.25) is 0 Å². The maximum Gasteiger partial charge on any atom is 0.177 e. The number of hydrogen-bond donors (Lipinski definition) is 0. The van der Waals surface area contributed by atoms with E-state index in [2.05, 4.69) is 15.3 Å². The Balaban J connectivity index is 2.89. The highest BCUT2D eigenvalue weighted by Gasteiger charge is 2.03. The van der Waals surface area contributed by atoms with Crippen LogP contribution in [0.25, 0.3) is 5.65 Å². The van der Waals surface area contributed by atoms with E-state index in [1.807, 2.05) is 31.4 Å². The lowest BCUT2D eigenvalue weighted by Crippen LogP contribution is -2.01. The van der Waals surface area contributed by atoms with E-state index >= 15 is 0 Å². The van der Waals surface area contributed by atoms with Crippen LogP contribution in [-0.4, -0.2) is 19.8 Å². The number of fused-ring (bicyclic) bond motifs is 1. The zero-order chi connectivity index (χ0) is 8.72. The quantitative estimate of drug-likeness (QED) is 0.581. The van der Waals surface area contributed by atoms with Gasteiger partial charge in [0.1, 0.15) is 0 Å². The van der Waals surface area contributed by atoms with Crippen LogP contribution in [0.4, 0.5) is 0 Å². The van der Waals surface area contributed by atoms with Crippen molar-refractivity contribution >= 4 is 5.65 Å². The molecule has 0 N–H and O–H groups in total. The van der Waals surface area contributed by atoms with Crippen LogP contribution >= 0.6 is 0 Å². The molecule has 0 saturated heterocycles. The van der Waals surface area contributed by atoms with Crippen molar-refractivity contribution in [3.05, 3.63) is 23.1 Å². The second-order valence-corrected chi connectivity index (χ2v) is 2.93. The third-order valence-electron chi connectivity index (χ3n) is 1.96. The molecular weight excluding hydrogens is 152 g/mol. The van der Waals surface area contributed by atoms with E-state index < -0.39 is 0 Å². The van der Waals surface area contributed by atoms with Crippen molar-refractivity contribution in [2.45, 2.75) is 20.8 Å². The van der Waals surface area contributed by atoms with E-state index in [1.165, 1.54) is 0 Å². The van der Waals surface area contributed by atoms with Crippen molar-refractivity contribution < 1.29 is 0 Å². The molecule has 62 valence electrons. The van der Waals surface area contributed by atoms with Crippen LogP contribution in [-0.2, 0) is 0 Å².